The first kappa shape index (κ1) is 17.4. The van der Waals surface area contributed by atoms with E-state index in [0.29, 0.717) is 33.6 Å². The van der Waals surface area contributed by atoms with Crippen LogP contribution in [-0.2, 0) is 4.79 Å². The number of ketones is 1. The molecule has 0 radical (unpaired) electrons. The maximum atomic E-state index is 12.9. The minimum absolute atomic E-state index is 0.0933. The van der Waals surface area contributed by atoms with Crippen LogP contribution in [0.2, 0.25) is 5.02 Å². The van der Waals surface area contributed by atoms with Gasteiger partial charge in [-0.05, 0) is 36.3 Å². The van der Waals surface area contributed by atoms with E-state index < -0.39 is 5.92 Å². The van der Waals surface area contributed by atoms with Crippen LogP contribution in [0.15, 0.2) is 45.5 Å². The number of aromatic nitrogens is 2. The van der Waals surface area contributed by atoms with Crippen molar-refractivity contribution in [2.45, 2.75) is 37.3 Å². The molecule has 0 bridgehead atoms. The molecule has 2 N–H and O–H groups in total. The molecule has 0 saturated heterocycles. The molecule has 0 saturated carbocycles. The highest BCUT2D eigenvalue weighted by Crippen LogP contribution is 2.43. The Morgan fingerprint density at radius 3 is 2.73 bits per heavy atom. The predicted molar refractivity (Wildman–Crippen MR) is 104 cm³/mol. The second-order valence-corrected chi connectivity index (χ2v) is 8.03. The van der Waals surface area contributed by atoms with Crippen LogP contribution in [0.5, 0.6) is 0 Å². The fraction of sp³-hybridized carbons (Fsp3) is 0.316. The maximum Gasteiger partial charge on any atom is 0.257 e. The van der Waals surface area contributed by atoms with Crippen LogP contribution in [0.1, 0.15) is 43.2 Å². The molecule has 1 unspecified atom stereocenters. The van der Waals surface area contributed by atoms with Crippen LogP contribution >= 0.6 is 23.4 Å². The molecule has 4 rings (SSSR count). The summed E-state index contributed by atoms with van der Waals surface area (Å²) in [6, 6.07) is 7.33. The van der Waals surface area contributed by atoms with Gasteiger partial charge in [-0.1, -0.05) is 42.4 Å². The normalized spacial score (nSPS) is 19.0. The second kappa shape index (κ2) is 6.93. The van der Waals surface area contributed by atoms with E-state index in [-0.39, 0.29) is 11.3 Å². The number of fused-ring (bicyclic) bond motifs is 1. The van der Waals surface area contributed by atoms with Gasteiger partial charge in [-0.3, -0.25) is 9.59 Å². The van der Waals surface area contributed by atoms with Gasteiger partial charge in [-0.25, -0.2) is 4.98 Å². The number of benzene rings is 1. The summed E-state index contributed by atoms with van der Waals surface area (Å²) in [4.78, 5) is 33.0. The summed E-state index contributed by atoms with van der Waals surface area (Å²) < 4.78 is 0. The van der Waals surface area contributed by atoms with Gasteiger partial charge in [0.05, 0.1) is 5.56 Å². The third-order valence-corrected chi connectivity index (χ3v) is 5.73. The predicted octanol–water partition coefficient (Wildman–Crippen LogP) is 4.10. The highest BCUT2D eigenvalue weighted by atomic mass is 35.5. The standard InChI is InChI=1S/C19H18ClN3O2S/c1-2-26-19-22-17-16(18(25)23-19)14(10-6-8-11(20)9-7-10)15-12(21-17)4-3-5-13(15)24/h6-9,14H,2-5H2,1H3,(H2,21,22,23,25). The Kier molecular flexibility index (Phi) is 4.63. The zero-order chi connectivity index (χ0) is 18.3. The number of Topliss-reactive ketones (excluding diaryl/α,β-unsaturated/α-hetero) is 1. The molecule has 1 aromatic heterocycles. The maximum absolute atomic E-state index is 12.9. The van der Waals surface area contributed by atoms with Crippen molar-refractivity contribution in [3.8, 4) is 0 Å². The van der Waals surface area contributed by atoms with Crippen LogP contribution in [0.4, 0.5) is 5.82 Å². The van der Waals surface area contributed by atoms with Gasteiger partial charge >= 0.3 is 0 Å². The van der Waals surface area contributed by atoms with Gasteiger partial charge < -0.3 is 10.3 Å². The number of nitrogens with zero attached hydrogens (tertiary/aromatic N) is 1. The summed E-state index contributed by atoms with van der Waals surface area (Å²) in [6.45, 7) is 2.01. The first-order valence-electron chi connectivity index (χ1n) is 8.64. The Hall–Kier alpha value is -2.05. The van der Waals surface area contributed by atoms with Crippen LogP contribution < -0.4 is 10.9 Å². The van der Waals surface area contributed by atoms with Crippen molar-refractivity contribution < 1.29 is 4.79 Å². The lowest BCUT2D eigenvalue weighted by molar-refractivity contribution is -0.116. The molecule has 2 heterocycles. The van der Waals surface area contributed by atoms with Crippen molar-refractivity contribution in [3.63, 3.8) is 0 Å². The van der Waals surface area contributed by atoms with Crippen molar-refractivity contribution in [1.82, 2.24) is 9.97 Å². The van der Waals surface area contributed by atoms with Crippen molar-refractivity contribution >= 4 is 35.0 Å². The van der Waals surface area contributed by atoms with Crippen LogP contribution in [-0.4, -0.2) is 21.5 Å². The molecule has 26 heavy (non-hydrogen) atoms. The van der Waals surface area contributed by atoms with E-state index in [1.807, 2.05) is 19.1 Å². The van der Waals surface area contributed by atoms with E-state index in [2.05, 4.69) is 15.3 Å². The summed E-state index contributed by atoms with van der Waals surface area (Å²) >= 11 is 7.51. The van der Waals surface area contributed by atoms with Crippen LogP contribution in [0.25, 0.3) is 0 Å². The minimum Gasteiger partial charge on any atom is -0.343 e. The molecule has 134 valence electrons. The number of carbonyl (C=O) groups is 1. The molecule has 0 spiro atoms. The summed E-state index contributed by atoms with van der Waals surface area (Å²) in [5.74, 6) is 1.05. The quantitative estimate of drug-likeness (QED) is 0.612. The number of carbonyl (C=O) groups excluding carboxylic acids is 1. The molecule has 1 aromatic carbocycles. The van der Waals surface area contributed by atoms with Crippen molar-refractivity contribution in [2.75, 3.05) is 11.1 Å². The summed E-state index contributed by atoms with van der Waals surface area (Å²) in [7, 11) is 0. The minimum atomic E-state index is -0.414. The lowest BCUT2D eigenvalue weighted by atomic mass is 9.76. The molecule has 1 atom stereocenters. The Morgan fingerprint density at radius 1 is 1.23 bits per heavy atom. The van der Waals surface area contributed by atoms with Crippen molar-refractivity contribution in [3.05, 3.63) is 62.0 Å². The average molecular weight is 388 g/mol. The smallest absolute Gasteiger partial charge is 0.257 e. The molecular formula is C19H18ClN3O2S. The summed E-state index contributed by atoms with van der Waals surface area (Å²) in [5, 5.41) is 4.48. The fourth-order valence-corrected chi connectivity index (χ4v) is 4.35. The van der Waals surface area contributed by atoms with Crippen molar-refractivity contribution in [1.29, 1.82) is 0 Å². The van der Waals surface area contributed by atoms with Crippen LogP contribution in [0.3, 0.4) is 0 Å². The number of nitrogens with one attached hydrogen (secondary N) is 2. The lowest BCUT2D eigenvalue weighted by Gasteiger charge is -2.32. The highest BCUT2D eigenvalue weighted by molar-refractivity contribution is 7.99. The van der Waals surface area contributed by atoms with Gasteiger partial charge in [0, 0.05) is 28.6 Å². The first-order valence-corrected chi connectivity index (χ1v) is 10.0. The number of anilines is 1. The average Bonchev–Trinajstić information content (AvgIpc) is 2.61. The molecule has 2 aliphatic rings. The number of hydrogen-bond donors (Lipinski definition) is 2. The molecule has 7 heteroatoms. The number of allylic oxidation sites excluding steroid dienone is 2. The molecule has 1 aliphatic carbocycles. The molecule has 2 aromatic rings. The van der Waals surface area contributed by atoms with Gasteiger partial charge in [-0.2, -0.15) is 0 Å². The van der Waals surface area contributed by atoms with Gasteiger partial charge in [0.1, 0.15) is 5.82 Å². The third-order valence-electron chi connectivity index (χ3n) is 4.72. The molecule has 1 aliphatic heterocycles. The molecular weight excluding hydrogens is 370 g/mol. The van der Waals surface area contributed by atoms with E-state index >= 15 is 0 Å². The number of aromatic amines is 1. The van der Waals surface area contributed by atoms with Crippen LogP contribution in [0, 0.1) is 0 Å². The van der Waals surface area contributed by atoms with E-state index in [4.69, 9.17) is 11.6 Å². The van der Waals surface area contributed by atoms with E-state index in [1.54, 1.807) is 12.1 Å². The van der Waals surface area contributed by atoms with Gasteiger partial charge in [0.2, 0.25) is 0 Å². The Labute approximate surface area is 160 Å². The largest absolute Gasteiger partial charge is 0.343 e. The van der Waals surface area contributed by atoms with E-state index in [0.717, 1.165) is 29.9 Å². The molecule has 0 amide bonds. The number of H-pyrrole nitrogens is 1. The Bertz CT molecular complexity index is 966. The second-order valence-electron chi connectivity index (χ2n) is 6.34. The third kappa shape index (κ3) is 2.97. The fourth-order valence-electron chi connectivity index (χ4n) is 3.63. The number of thioether (sulfide) groups is 1. The topological polar surface area (TPSA) is 74.8 Å². The van der Waals surface area contributed by atoms with Gasteiger partial charge in [0.25, 0.3) is 5.56 Å². The lowest BCUT2D eigenvalue weighted by Crippen LogP contribution is -2.32. The van der Waals surface area contributed by atoms with Crippen molar-refractivity contribution in [2.24, 2.45) is 0 Å². The Balaban J connectivity index is 1.94. The zero-order valence-corrected chi connectivity index (χ0v) is 15.8. The number of halogens is 1. The van der Waals surface area contributed by atoms with Gasteiger partial charge in [-0.15, -0.1) is 0 Å². The molecule has 5 nitrogen and oxygen atoms in total. The SMILES string of the molecule is CCSc1nc2c(c(=O)[nH]1)C(c1ccc(Cl)cc1)C1=C(CCCC1=O)N2. The van der Waals surface area contributed by atoms with Gasteiger partial charge in [0.15, 0.2) is 10.9 Å². The number of rotatable bonds is 3. The molecule has 0 fully saturated rings. The zero-order valence-electron chi connectivity index (χ0n) is 14.3. The summed E-state index contributed by atoms with van der Waals surface area (Å²) in [6.07, 6.45) is 2.11. The highest BCUT2D eigenvalue weighted by Gasteiger charge is 2.37. The first-order chi connectivity index (χ1) is 12.6. The summed E-state index contributed by atoms with van der Waals surface area (Å²) in [5.41, 5.74) is 2.75. The Morgan fingerprint density at radius 2 is 2.00 bits per heavy atom. The monoisotopic (exact) mass is 387 g/mol. The van der Waals surface area contributed by atoms with E-state index in [9.17, 15) is 9.59 Å². The van der Waals surface area contributed by atoms with E-state index in [1.165, 1.54) is 11.8 Å². The number of hydrogen-bond acceptors (Lipinski definition) is 5.